The van der Waals surface area contributed by atoms with Gasteiger partial charge in [0.25, 0.3) is 0 Å². The minimum Gasteiger partial charge on any atom is -0.311 e. The van der Waals surface area contributed by atoms with E-state index in [0.717, 1.165) is 21.6 Å². The van der Waals surface area contributed by atoms with Crippen LogP contribution in [0.2, 0.25) is 0 Å². The summed E-state index contributed by atoms with van der Waals surface area (Å²) in [5.41, 5.74) is 2.49. The number of hydrogen-bond donors (Lipinski definition) is 1. The summed E-state index contributed by atoms with van der Waals surface area (Å²) in [5, 5.41) is 16.4. The molecule has 0 saturated carbocycles. The molecule has 1 unspecified atom stereocenters. The van der Waals surface area contributed by atoms with Gasteiger partial charge in [0.05, 0.1) is 0 Å². The van der Waals surface area contributed by atoms with Crippen molar-refractivity contribution in [1.29, 1.82) is 5.26 Å². The van der Waals surface area contributed by atoms with Crippen molar-refractivity contribution in [3.05, 3.63) is 62.6 Å². The lowest BCUT2D eigenvalue weighted by Gasteiger charge is -2.26. The molecule has 1 aliphatic rings. The maximum absolute atomic E-state index is 13.7. The lowest BCUT2D eigenvalue weighted by molar-refractivity contribution is -0.141. The number of benzene rings is 1. The molecule has 0 bridgehead atoms. The zero-order valence-electron chi connectivity index (χ0n) is 16.0. The average molecular weight is 416 g/mol. The molecule has 1 N–H and O–H groups in total. The number of aromatic nitrogens is 2. The van der Waals surface area contributed by atoms with Gasteiger partial charge in [-0.25, -0.2) is 0 Å². The van der Waals surface area contributed by atoms with Crippen molar-refractivity contribution in [2.75, 3.05) is 6.54 Å². The monoisotopic (exact) mass is 416 g/mol. The van der Waals surface area contributed by atoms with Gasteiger partial charge in [0.2, 0.25) is 0 Å². The van der Waals surface area contributed by atoms with Gasteiger partial charge in [0, 0.05) is 42.2 Å². The number of thiophene rings is 1. The fraction of sp³-hybridized carbons (Fsp3) is 0.333. The van der Waals surface area contributed by atoms with E-state index in [1.54, 1.807) is 13.0 Å². The summed E-state index contributed by atoms with van der Waals surface area (Å²) in [6, 6.07) is 9.67. The van der Waals surface area contributed by atoms with Crippen molar-refractivity contribution >= 4 is 11.3 Å². The van der Waals surface area contributed by atoms with Gasteiger partial charge in [-0.3, -0.25) is 4.68 Å². The highest BCUT2D eigenvalue weighted by Gasteiger charge is 2.38. The third-order valence-corrected chi connectivity index (χ3v) is 6.25. The second kappa shape index (κ2) is 7.32. The lowest BCUT2D eigenvalue weighted by atomic mass is 9.83. The van der Waals surface area contributed by atoms with E-state index in [0.29, 0.717) is 30.1 Å². The van der Waals surface area contributed by atoms with Crippen LogP contribution in [0, 0.1) is 18.3 Å². The highest BCUT2D eigenvalue weighted by Crippen LogP contribution is 2.43. The highest BCUT2D eigenvalue weighted by molar-refractivity contribution is 7.12. The summed E-state index contributed by atoms with van der Waals surface area (Å²) < 4.78 is 42.5. The number of fused-ring (bicyclic) bond motifs is 1. The van der Waals surface area contributed by atoms with Crippen LogP contribution in [0.3, 0.4) is 0 Å². The Balaban J connectivity index is 1.92. The van der Waals surface area contributed by atoms with Gasteiger partial charge < -0.3 is 5.32 Å². The van der Waals surface area contributed by atoms with Crippen LogP contribution in [0.25, 0.3) is 11.1 Å². The van der Waals surface area contributed by atoms with E-state index in [-0.39, 0.29) is 11.5 Å². The van der Waals surface area contributed by atoms with E-state index in [4.69, 9.17) is 0 Å². The molecule has 0 radical (unpaired) electrons. The van der Waals surface area contributed by atoms with E-state index in [1.807, 2.05) is 25.1 Å². The summed E-state index contributed by atoms with van der Waals surface area (Å²) in [6.45, 7) is 5.26. The topological polar surface area (TPSA) is 53.6 Å². The van der Waals surface area contributed by atoms with E-state index in [1.165, 1.54) is 22.2 Å². The summed E-state index contributed by atoms with van der Waals surface area (Å²) in [6.07, 6.45) is -3.06. The van der Waals surface area contributed by atoms with Gasteiger partial charge in [0.15, 0.2) is 5.69 Å². The van der Waals surface area contributed by atoms with Crippen LogP contribution in [-0.4, -0.2) is 16.3 Å². The van der Waals surface area contributed by atoms with Crippen LogP contribution in [0.4, 0.5) is 13.2 Å². The Morgan fingerprint density at radius 3 is 2.76 bits per heavy atom. The first-order valence-corrected chi connectivity index (χ1v) is 10.1. The first-order valence-electron chi connectivity index (χ1n) is 9.30. The molecule has 0 aliphatic carbocycles. The van der Waals surface area contributed by atoms with Crippen molar-refractivity contribution < 1.29 is 13.2 Å². The molecule has 2 aromatic heterocycles. The van der Waals surface area contributed by atoms with Crippen molar-refractivity contribution in [2.45, 2.75) is 39.0 Å². The van der Waals surface area contributed by atoms with Gasteiger partial charge in [-0.1, -0.05) is 23.8 Å². The quantitative estimate of drug-likeness (QED) is 0.649. The molecule has 1 aromatic carbocycles. The molecule has 4 rings (SSSR count). The average Bonchev–Trinajstić information content (AvgIpc) is 3.31. The largest absolute Gasteiger partial charge is 0.435 e. The molecule has 0 fully saturated rings. The number of nitrogens with one attached hydrogen (secondary N) is 1. The minimum absolute atomic E-state index is 0.0981. The minimum atomic E-state index is -4.54. The third-order valence-electron chi connectivity index (χ3n) is 5.19. The fourth-order valence-corrected chi connectivity index (χ4v) is 4.84. The van der Waals surface area contributed by atoms with Crippen molar-refractivity contribution in [1.82, 2.24) is 15.1 Å². The first kappa shape index (κ1) is 19.7. The number of aryl methyl sites for hydroxylation is 2. The Morgan fingerprint density at radius 2 is 2.07 bits per heavy atom. The zero-order valence-corrected chi connectivity index (χ0v) is 16.8. The summed E-state index contributed by atoms with van der Waals surface area (Å²) in [5.74, 6) is -0.126. The molecule has 8 heteroatoms. The van der Waals surface area contributed by atoms with E-state index < -0.39 is 11.9 Å². The van der Waals surface area contributed by atoms with Crippen LogP contribution in [0.5, 0.6) is 0 Å². The Bertz CT molecular complexity index is 1100. The van der Waals surface area contributed by atoms with Crippen molar-refractivity contribution in [3.8, 4) is 17.2 Å². The molecular weight excluding hydrogens is 397 g/mol. The number of hydrogen-bond acceptors (Lipinski definition) is 4. The molecule has 0 saturated heterocycles. The number of rotatable bonds is 3. The van der Waals surface area contributed by atoms with Crippen LogP contribution in [0.1, 0.15) is 45.0 Å². The number of nitriles is 1. The summed E-state index contributed by atoms with van der Waals surface area (Å²) in [4.78, 5) is 1.68. The van der Waals surface area contributed by atoms with Gasteiger partial charge >= 0.3 is 6.18 Å². The summed E-state index contributed by atoms with van der Waals surface area (Å²) >= 11 is 1.43. The molecule has 1 atom stereocenters. The van der Waals surface area contributed by atoms with Gasteiger partial charge in [-0.05, 0) is 36.6 Å². The predicted molar refractivity (Wildman–Crippen MR) is 106 cm³/mol. The predicted octanol–water partition coefficient (Wildman–Crippen LogP) is 5.07. The van der Waals surface area contributed by atoms with Crippen LogP contribution in [0.15, 0.2) is 30.5 Å². The van der Waals surface area contributed by atoms with Crippen molar-refractivity contribution in [3.63, 3.8) is 0 Å². The van der Waals surface area contributed by atoms with Gasteiger partial charge in [-0.2, -0.15) is 23.5 Å². The first-order chi connectivity index (χ1) is 13.8. The molecule has 0 amide bonds. The Hall–Kier alpha value is -2.63. The van der Waals surface area contributed by atoms with Gasteiger partial charge in [-0.15, -0.1) is 11.3 Å². The molecule has 1 aliphatic heterocycles. The second-order valence-corrected chi connectivity index (χ2v) is 8.26. The molecule has 3 heterocycles. The van der Waals surface area contributed by atoms with Crippen LogP contribution < -0.4 is 5.32 Å². The molecule has 150 valence electrons. The SMILES string of the molecule is CCn1cc(-c2cc(C)ccc2C2CNCc3sc(C#N)cc32)c(C(F)(F)F)n1. The molecule has 3 aromatic rings. The Kier molecular flexibility index (Phi) is 4.97. The normalized spacial score (nSPS) is 16.5. The van der Waals surface area contributed by atoms with Crippen LogP contribution in [-0.2, 0) is 19.3 Å². The van der Waals surface area contributed by atoms with Crippen molar-refractivity contribution in [2.24, 2.45) is 0 Å². The van der Waals surface area contributed by atoms with E-state index in [9.17, 15) is 18.4 Å². The molecule has 29 heavy (non-hydrogen) atoms. The number of nitrogens with zero attached hydrogens (tertiary/aromatic N) is 3. The second-order valence-electron chi connectivity index (χ2n) is 7.12. The maximum atomic E-state index is 13.7. The maximum Gasteiger partial charge on any atom is 0.435 e. The lowest BCUT2D eigenvalue weighted by Crippen LogP contribution is -2.27. The third kappa shape index (κ3) is 3.56. The van der Waals surface area contributed by atoms with E-state index in [2.05, 4.69) is 16.5 Å². The molecule has 0 spiro atoms. The standard InChI is InChI=1S/C21H19F3N4S/c1-3-28-11-18(20(27-28)21(22,23)24)15-6-12(2)4-5-14(15)17-9-26-10-19-16(17)7-13(8-25)29-19/h4-7,11,17,26H,3,9-10H2,1-2H3. The highest BCUT2D eigenvalue weighted by atomic mass is 32.1. The fourth-order valence-electron chi connectivity index (χ4n) is 3.85. The molecular formula is C21H19F3N4S. The Morgan fingerprint density at radius 1 is 1.28 bits per heavy atom. The summed E-state index contributed by atoms with van der Waals surface area (Å²) in [7, 11) is 0. The zero-order chi connectivity index (χ0) is 20.8. The van der Waals surface area contributed by atoms with Gasteiger partial charge in [0.1, 0.15) is 10.9 Å². The number of alkyl halides is 3. The van der Waals surface area contributed by atoms with Crippen LogP contribution >= 0.6 is 11.3 Å². The molecule has 4 nitrogen and oxygen atoms in total. The number of halogens is 3. The smallest absolute Gasteiger partial charge is 0.311 e. The van der Waals surface area contributed by atoms with E-state index >= 15 is 0 Å². The Labute approximate surface area is 170 Å².